The summed E-state index contributed by atoms with van der Waals surface area (Å²) < 4.78 is 10.3. The molecule has 2 fully saturated rings. The fraction of sp³-hybridized carbons (Fsp3) is 0.600. The minimum Gasteiger partial charge on any atom is -0.472 e. The van der Waals surface area contributed by atoms with Crippen LogP contribution in [-0.4, -0.2) is 49.3 Å². The highest BCUT2D eigenvalue weighted by molar-refractivity contribution is 6.40. The number of allylic oxidation sites excluding steroid dienone is 1. The van der Waals surface area contributed by atoms with Crippen molar-refractivity contribution in [2.24, 2.45) is 0 Å². The van der Waals surface area contributed by atoms with E-state index >= 15 is 0 Å². The van der Waals surface area contributed by atoms with Gasteiger partial charge in [-0.25, -0.2) is 0 Å². The normalized spacial score (nSPS) is 23.4. The van der Waals surface area contributed by atoms with Crippen LogP contribution in [0, 0.1) is 10.1 Å². The van der Waals surface area contributed by atoms with Crippen molar-refractivity contribution < 1.29 is 14.4 Å². The van der Waals surface area contributed by atoms with Crippen LogP contribution < -0.4 is 5.32 Å². The van der Waals surface area contributed by atoms with Gasteiger partial charge in [0, 0.05) is 13.1 Å². The summed E-state index contributed by atoms with van der Waals surface area (Å²) in [4.78, 5) is 12.3. The number of morpholine rings is 1. The fourth-order valence-corrected chi connectivity index (χ4v) is 2.31. The van der Waals surface area contributed by atoms with E-state index in [2.05, 4.69) is 5.32 Å². The van der Waals surface area contributed by atoms with Gasteiger partial charge in [-0.3, -0.25) is 10.1 Å². The molecule has 0 spiro atoms. The average molecular weight is 310 g/mol. The van der Waals surface area contributed by atoms with Gasteiger partial charge < -0.3 is 19.7 Å². The summed E-state index contributed by atoms with van der Waals surface area (Å²) in [6.45, 7) is 2.99. The van der Waals surface area contributed by atoms with Crippen molar-refractivity contribution in [1.29, 1.82) is 0 Å². The number of nitro groups is 1. The quantitative estimate of drug-likeness (QED) is 0.477. The molecule has 0 bridgehead atoms. The molecular weight excluding hydrogens is 297 g/mol. The molecule has 106 valence electrons. The van der Waals surface area contributed by atoms with Crippen LogP contribution in [0.2, 0.25) is 0 Å². The van der Waals surface area contributed by atoms with Crippen LogP contribution in [0.3, 0.4) is 0 Å². The smallest absolute Gasteiger partial charge is 0.349 e. The molecule has 2 saturated heterocycles. The molecule has 0 aromatic rings. The van der Waals surface area contributed by atoms with Gasteiger partial charge in [-0.2, -0.15) is 0 Å². The molecule has 1 N–H and O–H groups in total. The zero-order valence-corrected chi connectivity index (χ0v) is 11.5. The number of rotatable bonds is 3. The minimum absolute atomic E-state index is 0.0569. The maximum Gasteiger partial charge on any atom is 0.349 e. The Kier molecular flexibility index (Phi) is 4.73. The van der Waals surface area contributed by atoms with Crippen LogP contribution in [0.4, 0.5) is 0 Å². The summed E-state index contributed by atoms with van der Waals surface area (Å²) in [5.74, 6) is 0.0569. The zero-order chi connectivity index (χ0) is 13.8. The van der Waals surface area contributed by atoms with Crippen molar-refractivity contribution in [3.05, 3.63) is 31.9 Å². The van der Waals surface area contributed by atoms with Crippen LogP contribution >= 0.6 is 23.2 Å². The third-order valence-electron chi connectivity index (χ3n) is 2.71. The van der Waals surface area contributed by atoms with Crippen LogP contribution in [0.25, 0.3) is 0 Å². The number of halogens is 2. The third kappa shape index (κ3) is 3.23. The molecule has 0 aromatic heterocycles. The van der Waals surface area contributed by atoms with Crippen molar-refractivity contribution in [3.8, 4) is 0 Å². The molecule has 0 saturated carbocycles. The van der Waals surface area contributed by atoms with E-state index in [9.17, 15) is 10.1 Å². The molecule has 2 heterocycles. The van der Waals surface area contributed by atoms with E-state index in [-0.39, 0.29) is 21.8 Å². The maximum atomic E-state index is 11.1. The SMILES string of the molecule is O=[N+]([O-])C(/C(Cl)=C(/Cl)N1CCOCC1)=C1\NCCO1. The van der Waals surface area contributed by atoms with E-state index in [0.717, 1.165) is 0 Å². The lowest BCUT2D eigenvalue weighted by molar-refractivity contribution is -0.423. The Morgan fingerprint density at radius 2 is 2.00 bits per heavy atom. The Morgan fingerprint density at radius 3 is 2.53 bits per heavy atom. The number of hydrogen-bond donors (Lipinski definition) is 1. The maximum absolute atomic E-state index is 11.1. The average Bonchev–Trinajstić information content (AvgIpc) is 2.92. The molecule has 0 amide bonds. The lowest BCUT2D eigenvalue weighted by Crippen LogP contribution is -2.35. The number of nitrogens with one attached hydrogen (secondary N) is 1. The first-order chi connectivity index (χ1) is 9.11. The first-order valence-electron chi connectivity index (χ1n) is 5.75. The Balaban J connectivity index is 2.29. The monoisotopic (exact) mass is 309 g/mol. The Labute approximate surface area is 119 Å². The second-order valence-electron chi connectivity index (χ2n) is 3.91. The summed E-state index contributed by atoms with van der Waals surface area (Å²) >= 11 is 12.2. The fourth-order valence-electron chi connectivity index (χ4n) is 1.78. The molecule has 9 heteroatoms. The van der Waals surface area contributed by atoms with Crippen molar-refractivity contribution in [2.45, 2.75) is 0 Å². The topological polar surface area (TPSA) is 76.9 Å². The highest BCUT2D eigenvalue weighted by Crippen LogP contribution is 2.28. The Morgan fingerprint density at radius 1 is 1.32 bits per heavy atom. The predicted octanol–water partition coefficient (Wildman–Crippen LogP) is 1.03. The third-order valence-corrected chi connectivity index (χ3v) is 3.59. The molecule has 0 aromatic carbocycles. The van der Waals surface area contributed by atoms with E-state index < -0.39 is 4.92 Å². The standard InChI is InChI=1S/C10H13Cl2N3O4/c11-7(9(12)14-2-5-18-6-3-14)8(15(16)17)10-13-1-4-19-10/h13H,1-6H2/b9-7+,10-8+. The minimum atomic E-state index is -0.598. The second-order valence-corrected chi connectivity index (χ2v) is 4.65. The molecule has 2 aliphatic rings. The van der Waals surface area contributed by atoms with Crippen LogP contribution in [0.15, 0.2) is 21.8 Å². The number of nitrogens with zero attached hydrogens (tertiary/aromatic N) is 2. The number of ether oxygens (including phenoxy) is 2. The summed E-state index contributed by atoms with van der Waals surface area (Å²) in [6, 6.07) is 0. The molecule has 19 heavy (non-hydrogen) atoms. The van der Waals surface area contributed by atoms with Gasteiger partial charge in [0.15, 0.2) is 5.03 Å². The molecule has 7 nitrogen and oxygen atoms in total. The van der Waals surface area contributed by atoms with Gasteiger partial charge in [-0.1, -0.05) is 23.2 Å². The summed E-state index contributed by atoms with van der Waals surface area (Å²) in [5, 5.41) is 13.9. The summed E-state index contributed by atoms with van der Waals surface area (Å²) in [7, 11) is 0. The van der Waals surface area contributed by atoms with Gasteiger partial charge in [0.2, 0.25) is 0 Å². The number of hydrogen-bond acceptors (Lipinski definition) is 6. The lowest BCUT2D eigenvalue weighted by Gasteiger charge is -2.28. The van der Waals surface area contributed by atoms with E-state index in [1.165, 1.54) is 0 Å². The molecule has 0 unspecified atom stereocenters. The molecule has 2 rings (SSSR count). The van der Waals surface area contributed by atoms with E-state index in [4.69, 9.17) is 32.7 Å². The first-order valence-corrected chi connectivity index (χ1v) is 6.50. The lowest BCUT2D eigenvalue weighted by atomic mass is 10.4. The van der Waals surface area contributed by atoms with Gasteiger partial charge in [-0.05, 0) is 0 Å². The van der Waals surface area contributed by atoms with Gasteiger partial charge in [0.25, 0.3) is 5.88 Å². The van der Waals surface area contributed by atoms with E-state index in [1.807, 2.05) is 0 Å². The van der Waals surface area contributed by atoms with Crippen molar-refractivity contribution in [1.82, 2.24) is 10.2 Å². The summed E-state index contributed by atoms with van der Waals surface area (Å²) in [5.41, 5.74) is -0.337. The first kappa shape index (κ1) is 14.2. The van der Waals surface area contributed by atoms with Gasteiger partial charge in [-0.15, -0.1) is 0 Å². The van der Waals surface area contributed by atoms with Crippen molar-refractivity contribution in [2.75, 3.05) is 39.5 Å². The van der Waals surface area contributed by atoms with Crippen LogP contribution in [-0.2, 0) is 9.47 Å². The highest BCUT2D eigenvalue weighted by atomic mass is 35.5. The van der Waals surface area contributed by atoms with Gasteiger partial charge >= 0.3 is 5.70 Å². The van der Waals surface area contributed by atoms with Gasteiger partial charge in [0.1, 0.15) is 11.8 Å². The highest BCUT2D eigenvalue weighted by Gasteiger charge is 2.31. The predicted molar refractivity (Wildman–Crippen MR) is 69.1 cm³/mol. The molecule has 0 aliphatic carbocycles. The molecule has 0 radical (unpaired) electrons. The Bertz CT molecular complexity index is 424. The summed E-state index contributed by atoms with van der Waals surface area (Å²) in [6.07, 6.45) is 0. The van der Waals surface area contributed by atoms with E-state index in [1.54, 1.807) is 4.90 Å². The van der Waals surface area contributed by atoms with E-state index in [0.29, 0.717) is 39.5 Å². The largest absolute Gasteiger partial charge is 0.472 e. The van der Waals surface area contributed by atoms with Gasteiger partial charge in [0.05, 0.1) is 24.7 Å². The van der Waals surface area contributed by atoms with Crippen molar-refractivity contribution >= 4 is 23.2 Å². The molecular formula is C10H13Cl2N3O4. The second kappa shape index (κ2) is 6.31. The molecule has 2 aliphatic heterocycles. The van der Waals surface area contributed by atoms with Crippen molar-refractivity contribution in [3.63, 3.8) is 0 Å². The zero-order valence-electron chi connectivity index (χ0n) is 10.0. The van der Waals surface area contributed by atoms with Crippen LogP contribution in [0.1, 0.15) is 0 Å². The van der Waals surface area contributed by atoms with Crippen LogP contribution in [0.5, 0.6) is 0 Å². The Hall–Kier alpha value is -1.18. The molecule has 0 atom stereocenters.